The van der Waals surface area contributed by atoms with Gasteiger partial charge in [0.1, 0.15) is 6.10 Å². The van der Waals surface area contributed by atoms with Crippen molar-refractivity contribution in [1.82, 2.24) is 5.32 Å². The molecule has 168 valence electrons. The number of benzene rings is 2. The Bertz CT molecular complexity index is 903. The van der Waals surface area contributed by atoms with Gasteiger partial charge in [0.25, 0.3) is 0 Å². The zero-order chi connectivity index (χ0) is 23.1. The van der Waals surface area contributed by atoms with Gasteiger partial charge in [-0.15, -0.1) is 0 Å². The van der Waals surface area contributed by atoms with Gasteiger partial charge in [-0.3, -0.25) is 4.79 Å². The number of hydrogen-bond acceptors (Lipinski definition) is 4. The van der Waals surface area contributed by atoms with Crippen LogP contribution >= 0.6 is 0 Å². The SMILES string of the molecule is CC(C)[C@@H](OCc1ccc(F)c(OC(F)F)c1)C(=O)N[C@@H](C)c1ccc(C(=O)O)cc1. The van der Waals surface area contributed by atoms with Gasteiger partial charge in [-0.2, -0.15) is 8.78 Å². The highest BCUT2D eigenvalue weighted by Gasteiger charge is 2.25. The van der Waals surface area contributed by atoms with Crippen LogP contribution in [-0.4, -0.2) is 29.7 Å². The van der Waals surface area contributed by atoms with E-state index in [2.05, 4.69) is 10.1 Å². The Morgan fingerprint density at radius 3 is 2.26 bits per heavy atom. The van der Waals surface area contributed by atoms with Crippen molar-refractivity contribution < 1.29 is 37.3 Å². The van der Waals surface area contributed by atoms with Crippen LogP contribution < -0.4 is 10.1 Å². The standard InChI is InChI=1S/C22H24F3NO5/c1-12(2)19(30-11-14-4-9-17(23)18(10-14)31-22(24)25)20(27)26-13(3)15-5-7-16(8-6-15)21(28)29/h4-10,12-13,19,22H,11H2,1-3H3,(H,26,27)(H,28,29)/t13-,19+/m0/s1. The van der Waals surface area contributed by atoms with Gasteiger partial charge in [0.05, 0.1) is 18.2 Å². The summed E-state index contributed by atoms with van der Waals surface area (Å²) in [6, 6.07) is 9.17. The molecule has 0 heterocycles. The Morgan fingerprint density at radius 1 is 1.06 bits per heavy atom. The van der Waals surface area contributed by atoms with Gasteiger partial charge in [0, 0.05) is 0 Å². The minimum absolute atomic E-state index is 0.113. The van der Waals surface area contributed by atoms with Crippen molar-refractivity contribution in [2.45, 2.75) is 46.1 Å². The van der Waals surface area contributed by atoms with Gasteiger partial charge in [-0.1, -0.05) is 32.0 Å². The molecule has 31 heavy (non-hydrogen) atoms. The minimum Gasteiger partial charge on any atom is -0.478 e. The molecule has 0 radical (unpaired) electrons. The number of rotatable bonds is 10. The zero-order valence-corrected chi connectivity index (χ0v) is 17.3. The summed E-state index contributed by atoms with van der Waals surface area (Å²) in [4.78, 5) is 23.7. The van der Waals surface area contributed by atoms with E-state index in [4.69, 9.17) is 9.84 Å². The molecule has 0 aromatic heterocycles. The average molecular weight is 439 g/mol. The number of carbonyl (C=O) groups is 2. The van der Waals surface area contributed by atoms with Crippen molar-refractivity contribution in [3.05, 3.63) is 65.0 Å². The number of nitrogens with one attached hydrogen (secondary N) is 1. The first-order chi connectivity index (χ1) is 14.6. The fraction of sp³-hybridized carbons (Fsp3) is 0.364. The van der Waals surface area contributed by atoms with Crippen molar-refractivity contribution in [3.8, 4) is 5.75 Å². The van der Waals surface area contributed by atoms with Crippen molar-refractivity contribution in [1.29, 1.82) is 0 Å². The first-order valence-electron chi connectivity index (χ1n) is 9.57. The third-order valence-electron chi connectivity index (χ3n) is 4.52. The second-order valence-electron chi connectivity index (χ2n) is 7.28. The largest absolute Gasteiger partial charge is 0.478 e. The third kappa shape index (κ3) is 6.99. The second-order valence-corrected chi connectivity index (χ2v) is 7.28. The lowest BCUT2D eigenvalue weighted by Gasteiger charge is -2.24. The number of halogens is 3. The normalized spacial score (nSPS) is 13.2. The molecule has 2 rings (SSSR count). The number of hydrogen-bond donors (Lipinski definition) is 2. The van der Waals surface area contributed by atoms with E-state index in [0.29, 0.717) is 11.1 Å². The first kappa shape index (κ1) is 24.2. The maximum absolute atomic E-state index is 13.6. The number of alkyl halides is 2. The van der Waals surface area contributed by atoms with E-state index in [0.717, 1.165) is 12.1 Å². The van der Waals surface area contributed by atoms with Gasteiger partial charge >= 0.3 is 12.6 Å². The molecule has 0 unspecified atom stereocenters. The summed E-state index contributed by atoms with van der Waals surface area (Å²) in [5.74, 6) is -3.17. The lowest BCUT2D eigenvalue weighted by molar-refractivity contribution is -0.137. The van der Waals surface area contributed by atoms with Crippen LogP contribution in [-0.2, 0) is 16.1 Å². The number of aromatic carboxylic acids is 1. The number of amides is 1. The van der Waals surface area contributed by atoms with E-state index in [-0.39, 0.29) is 18.1 Å². The predicted octanol–water partition coefficient (Wildman–Crippen LogP) is 4.54. The Balaban J connectivity index is 2.03. The summed E-state index contributed by atoms with van der Waals surface area (Å²) in [6.45, 7) is 2.04. The molecule has 0 aliphatic rings. The molecule has 2 atom stereocenters. The number of carboxylic acids is 1. The Hall–Kier alpha value is -3.07. The summed E-state index contributed by atoms with van der Waals surface area (Å²) < 4.78 is 48.1. The van der Waals surface area contributed by atoms with Gasteiger partial charge in [0.2, 0.25) is 5.91 Å². The van der Waals surface area contributed by atoms with E-state index < -0.39 is 42.2 Å². The fourth-order valence-corrected chi connectivity index (χ4v) is 2.87. The average Bonchev–Trinajstić information content (AvgIpc) is 2.69. The molecule has 0 fully saturated rings. The fourth-order valence-electron chi connectivity index (χ4n) is 2.87. The minimum atomic E-state index is -3.16. The van der Waals surface area contributed by atoms with Crippen molar-refractivity contribution >= 4 is 11.9 Å². The molecule has 0 bridgehead atoms. The second kappa shape index (κ2) is 10.8. The highest BCUT2D eigenvalue weighted by molar-refractivity contribution is 5.87. The summed E-state index contributed by atoms with van der Waals surface area (Å²) >= 11 is 0. The van der Waals surface area contributed by atoms with Crippen LogP contribution in [0.25, 0.3) is 0 Å². The van der Waals surface area contributed by atoms with E-state index in [1.165, 1.54) is 18.2 Å². The van der Waals surface area contributed by atoms with E-state index in [1.54, 1.807) is 32.9 Å². The molecule has 2 aromatic carbocycles. The summed E-state index contributed by atoms with van der Waals surface area (Å²) in [7, 11) is 0. The Kier molecular flexibility index (Phi) is 8.44. The molecule has 1 amide bonds. The topological polar surface area (TPSA) is 84.9 Å². The Morgan fingerprint density at radius 2 is 1.71 bits per heavy atom. The van der Waals surface area contributed by atoms with Crippen LogP contribution in [0, 0.1) is 11.7 Å². The van der Waals surface area contributed by atoms with Gasteiger partial charge < -0.3 is 19.9 Å². The molecule has 2 N–H and O–H groups in total. The molecular formula is C22H24F3NO5. The van der Waals surface area contributed by atoms with Gasteiger partial charge in [0.15, 0.2) is 11.6 Å². The van der Waals surface area contributed by atoms with Crippen LogP contribution in [0.5, 0.6) is 5.75 Å². The van der Waals surface area contributed by atoms with Crippen LogP contribution in [0.2, 0.25) is 0 Å². The van der Waals surface area contributed by atoms with Crippen molar-refractivity contribution in [2.24, 2.45) is 5.92 Å². The summed E-state index contributed by atoms with van der Waals surface area (Å²) in [6.07, 6.45) is -0.856. The number of carbonyl (C=O) groups excluding carboxylic acids is 1. The lowest BCUT2D eigenvalue weighted by Crippen LogP contribution is -2.40. The first-order valence-corrected chi connectivity index (χ1v) is 9.57. The number of ether oxygens (including phenoxy) is 2. The summed E-state index contributed by atoms with van der Waals surface area (Å²) in [5.41, 5.74) is 1.22. The smallest absolute Gasteiger partial charge is 0.387 e. The summed E-state index contributed by atoms with van der Waals surface area (Å²) in [5, 5.41) is 11.8. The van der Waals surface area contributed by atoms with E-state index in [1.807, 2.05) is 0 Å². The maximum Gasteiger partial charge on any atom is 0.387 e. The van der Waals surface area contributed by atoms with Crippen molar-refractivity contribution in [2.75, 3.05) is 0 Å². The molecule has 0 saturated carbocycles. The predicted molar refractivity (Wildman–Crippen MR) is 106 cm³/mol. The monoisotopic (exact) mass is 439 g/mol. The lowest BCUT2D eigenvalue weighted by atomic mass is 10.0. The van der Waals surface area contributed by atoms with E-state index in [9.17, 15) is 22.8 Å². The van der Waals surface area contributed by atoms with Crippen LogP contribution in [0.1, 0.15) is 48.3 Å². The molecule has 0 aliphatic carbocycles. The molecule has 6 nitrogen and oxygen atoms in total. The molecule has 0 spiro atoms. The van der Waals surface area contributed by atoms with Crippen LogP contribution in [0.4, 0.5) is 13.2 Å². The van der Waals surface area contributed by atoms with Crippen molar-refractivity contribution in [3.63, 3.8) is 0 Å². The van der Waals surface area contributed by atoms with Gasteiger partial charge in [-0.05, 0) is 48.2 Å². The highest BCUT2D eigenvalue weighted by atomic mass is 19.3. The molecule has 0 saturated heterocycles. The molecule has 2 aromatic rings. The van der Waals surface area contributed by atoms with Gasteiger partial charge in [-0.25, -0.2) is 9.18 Å². The Labute approximate surface area is 178 Å². The molecular weight excluding hydrogens is 415 g/mol. The van der Waals surface area contributed by atoms with E-state index >= 15 is 0 Å². The zero-order valence-electron chi connectivity index (χ0n) is 17.3. The third-order valence-corrected chi connectivity index (χ3v) is 4.52. The molecule has 0 aliphatic heterocycles. The number of carboxylic acid groups (broad SMARTS) is 1. The molecule has 9 heteroatoms. The quantitative estimate of drug-likeness (QED) is 0.568. The maximum atomic E-state index is 13.6. The highest BCUT2D eigenvalue weighted by Crippen LogP contribution is 2.22. The van der Waals surface area contributed by atoms with Crippen LogP contribution in [0.3, 0.4) is 0 Å². The van der Waals surface area contributed by atoms with Crippen LogP contribution in [0.15, 0.2) is 42.5 Å².